The average Bonchev–Trinajstić information content (AvgIpc) is 3.58. The molecule has 0 radical (unpaired) electrons. The number of nitrogens with one attached hydrogen (secondary N) is 1. The SMILES string of the molecule is C[C@@H]1CN(C(=O)c2ccc(N3CCCC3)cc2Cl)c2ccccc2CN1C(=O)NCC(=O)N1CC[C@H](O)C1. The molecular weight excluding hydrogens is 506 g/mol. The molecular formula is C28H34ClN5O4. The number of β-amino-alcohol motifs (C(OH)–C–C–N with tert-alkyl or cyclic N) is 1. The topological polar surface area (TPSA) is 96.4 Å². The summed E-state index contributed by atoms with van der Waals surface area (Å²) in [6.45, 7) is 5.09. The van der Waals surface area contributed by atoms with E-state index in [-0.39, 0.29) is 37.0 Å². The van der Waals surface area contributed by atoms with Gasteiger partial charge in [0, 0.05) is 56.7 Å². The van der Waals surface area contributed by atoms with Gasteiger partial charge in [0.15, 0.2) is 0 Å². The number of para-hydroxylation sites is 1. The number of fused-ring (bicyclic) bond motifs is 1. The molecule has 0 aromatic heterocycles. The van der Waals surface area contributed by atoms with Crippen LogP contribution in [0.1, 0.15) is 42.1 Å². The van der Waals surface area contributed by atoms with Gasteiger partial charge < -0.3 is 30.0 Å². The van der Waals surface area contributed by atoms with Gasteiger partial charge in [-0.3, -0.25) is 9.59 Å². The third kappa shape index (κ3) is 5.44. The number of aliphatic hydroxyl groups is 1. The van der Waals surface area contributed by atoms with E-state index in [0.29, 0.717) is 36.6 Å². The van der Waals surface area contributed by atoms with Gasteiger partial charge >= 0.3 is 6.03 Å². The number of likely N-dealkylation sites (tertiary alicyclic amines) is 1. The average molecular weight is 540 g/mol. The molecule has 202 valence electrons. The van der Waals surface area contributed by atoms with Crippen molar-refractivity contribution < 1.29 is 19.5 Å². The van der Waals surface area contributed by atoms with Gasteiger partial charge in [-0.05, 0) is 56.0 Å². The van der Waals surface area contributed by atoms with Crippen LogP contribution in [0.25, 0.3) is 0 Å². The van der Waals surface area contributed by atoms with Gasteiger partial charge in [-0.1, -0.05) is 29.8 Å². The van der Waals surface area contributed by atoms with Crippen LogP contribution in [0.15, 0.2) is 42.5 Å². The Morgan fingerprint density at radius 2 is 1.82 bits per heavy atom. The van der Waals surface area contributed by atoms with Crippen LogP contribution in [0.2, 0.25) is 5.02 Å². The molecule has 5 rings (SSSR count). The lowest BCUT2D eigenvalue weighted by atomic mass is 10.1. The van der Waals surface area contributed by atoms with Crippen molar-refractivity contribution >= 4 is 40.8 Å². The molecule has 2 fully saturated rings. The summed E-state index contributed by atoms with van der Waals surface area (Å²) in [7, 11) is 0. The van der Waals surface area contributed by atoms with E-state index in [4.69, 9.17) is 11.6 Å². The van der Waals surface area contributed by atoms with Gasteiger partial charge in [0.2, 0.25) is 5.91 Å². The Balaban J connectivity index is 1.32. The number of carbonyl (C=O) groups excluding carboxylic acids is 3. The number of benzene rings is 2. The summed E-state index contributed by atoms with van der Waals surface area (Å²) in [5, 5.41) is 12.8. The first kappa shape index (κ1) is 26.3. The molecule has 38 heavy (non-hydrogen) atoms. The second kappa shape index (κ2) is 11.2. The molecule has 3 aliphatic rings. The molecule has 2 N–H and O–H groups in total. The Bertz CT molecular complexity index is 1220. The lowest BCUT2D eigenvalue weighted by molar-refractivity contribution is -0.129. The highest BCUT2D eigenvalue weighted by Crippen LogP contribution is 2.32. The summed E-state index contributed by atoms with van der Waals surface area (Å²) in [5.41, 5.74) is 3.02. The zero-order valence-electron chi connectivity index (χ0n) is 21.6. The quantitative estimate of drug-likeness (QED) is 0.622. The van der Waals surface area contributed by atoms with Crippen LogP contribution < -0.4 is 15.1 Å². The number of halogens is 1. The van der Waals surface area contributed by atoms with E-state index < -0.39 is 6.10 Å². The third-order valence-corrected chi connectivity index (χ3v) is 7.98. The Labute approximate surface area is 227 Å². The van der Waals surface area contributed by atoms with Crippen molar-refractivity contribution in [2.45, 2.75) is 44.9 Å². The maximum Gasteiger partial charge on any atom is 0.318 e. The molecule has 0 bridgehead atoms. The van der Waals surface area contributed by atoms with Crippen molar-refractivity contribution in [3.63, 3.8) is 0 Å². The maximum atomic E-state index is 13.8. The van der Waals surface area contributed by atoms with Crippen molar-refractivity contribution in [1.82, 2.24) is 15.1 Å². The molecule has 0 unspecified atom stereocenters. The highest BCUT2D eigenvalue weighted by molar-refractivity contribution is 6.35. The van der Waals surface area contributed by atoms with Gasteiger partial charge in [-0.25, -0.2) is 4.79 Å². The summed E-state index contributed by atoms with van der Waals surface area (Å²) < 4.78 is 0. The van der Waals surface area contributed by atoms with E-state index in [1.165, 1.54) is 0 Å². The van der Waals surface area contributed by atoms with Gasteiger partial charge in [-0.15, -0.1) is 0 Å². The molecule has 3 aliphatic heterocycles. The first-order valence-corrected chi connectivity index (χ1v) is 13.6. The number of amides is 4. The van der Waals surface area contributed by atoms with E-state index in [1.54, 1.807) is 20.8 Å². The van der Waals surface area contributed by atoms with Crippen molar-refractivity contribution in [1.29, 1.82) is 0 Å². The Morgan fingerprint density at radius 3 is 2.53 bits per heavy atom. The third-order valence-electron chi connectivity index (χ3n) is 7.67. The Hall–Kier alpha value is -3.30. The van der Waals surface area contributed by atoms with Crippen LogP contribution >= 0.6 is 11.6 Å². The highest BCUT2D eigenvalue weighted by atomic mass is 35.5. The smallest absolute Gasteiger partial charge is 0.318 e. The summed E-state index contributed by atoms with van der Waals surface area (Å²) in [6.07, 6.45) is 2.35. The molecule has 2 aromatic rings. The van der Waals surface area contributed by atoms with E-state index >= 15 is 0 Å². The molecule has 9 nitrogen and oxygen atoms in total. The fourth-order valence-electron chi connectivity index (χ4n) is 5.50. The minimum absolute atomic E-state index is 0.141. The van der Waals surface area contributed by atoms with Gasteiger partial charge in [-0.2, -0.15) is 0 Å². The molecule has 2 atom stereocenters. The fourth-order valence-corrected chi connectivity index (χ4v) is 5.76. The Kier molecular flexibility index (Phi) is 7.76. The second-order valence-electron chi connectivity index (χ2n) is 10.3. The predicted molar refractivity (Wildman–Crippen MR) is 147 cm³/mol. The van der Waals surface area contributed by atoms with Gasteiger partial charge in [0.1, 0.15) is 0 Å². The first-order valence-electron chi connectivity index (χ1n) is 13.3. The lowest BCUT2D eigenvalue weighted by Crippen LogP contribution is -2.50. The number of hydrogen-bond donors (Lipinski definition) is 2. The van der Waals surface area contributed by atoms with Crippen molar-refractivity contribution in [2.75, 3.05) is 49.1 Å². The van der Waals surface area contributed by atoms with Crippen LogP contribution in [-0.4, -0.2) is 84.2 Å². The summed E-state index contributed by atoms with van der Waals surface area (Å²) >= 11 is 6.64. The van der Waals surface area contributed by atoms with Crippen LogP contribution in [0.3, 0.4) is 0 Å². The minimum atomic E-state index is -0.509. The van der Waals surface area contributed by atoms with Crippen molar-refractivity contribution in [3.8, 4) is 0 Å². The van der Waals surface area contributed by atoms with Crippen molar-refractivity contribution in [3.05, 3.63) is 58.6 Å². The Morgan fingerprint density at radius 1 is 1.05 bits per heavy atom. The standard InChI is InChI=1S/C28H34ClN5O4/c1-19-16-34(27(37)23-9-8-21(14-24(23)29)31-11-4-5-12-31)25-7-3-2-6-20(25)17-33(19)28(38)30-15-26(36)32-13-10-22(35)18-32/h2-3,6-9,14,19,22,35H,4-5,10-13,15-18H2,1H3,(H,30,38)/t19-,22+/m1/s1. The van der Waals surface area contributed by atoms with E-state index in [2.05, 4.69) is 10.2 Å². The molecule has 0 saturated carbocycles. The van der Waals surface area contributed by atoms with Gasteiger partial charge in [0.25, 0.3) is 5.91 Å². The number of urea groups is 1. The normalized spacial score (nSPS) is 21.3. The number of rotatable bonds is 4. The fraction of sp³-hybridized carbons (Fsp3) is 0.464. The molecule has 2 saturated heterocycles. The summed E-state index contributed by atoms with van der Waals surface area (Å²) in [4.78, 5) is 46.7. The van der Waals surface area contributed by atoms with E-state index in [0.717, 1.165) is 42.9 Å². The second-order valence-corrected chi connectivity index (χ2v) is 10.7. The number of carbonyl (C=O) groups is 3. The zero-order chi connectivity index (χ0) is 26.8. The molecule has 3 heterocycles. The summed E-state index contributed by atoms with van der Waals surface area (Å²) in [5.74, 6) is -0.436. The number of nitrogens with zero attached hydrogens (tertiary/aromatic N) is 4. The van der Waals surface area contributed by atoms with E-state index in [1.807, 2.05) is 43.3 Å². The van der Waals surface area contributed by atoms with Crippen molar-refractivity contribution in [2.24, 2.45) is 0 Å². The molecule has 4 amide bonds. The number of anilines is 2. The minimum Gasteiger partial charge on any atom is -0.391 e. The summed E-state index contributed by atoms with van der Waals surface area (Å²) in [6, 6.07) is 12.5. The van der Waals surface area contributed by atoms with E-state index in [9.17, 15) is 19.5 Å². The predicted octanol–water partition coefficient (Wildman–Crippen LogP) is 3.09. The number of aliphatic hydroxyl groups excluding tert-OH is 1. The zero-order valence-corrected chi connectivity index (χ0v) is 22.4. The number of hydrogen-bond acceptors (Lipinski definition) is 5. The van der Waals surface area contributed by atoms with Gasteiger partial charge in [0.05, 0.1) is 23.2 Å². The molecule has 0 aliphatic carbocycles. The molecule has 0 spiro atoms. The van der Waals surface area contributed by atoms with Crippen LogP contribution in [0.4, 0.5) is 16.2 Å². The monoisotopic (exact) mass is 539 g/mol. The molecule has 2 aromatic carbocycles. The van der Waals surface area contributed by atoms with Crippen LogP contribution in [0.5, 0.6) is 0 Å². The van der Waals surface area contributed by atoms with Crippen LogP contribution in [-0.2, 0) is 11.3 Å². The largest absolute Gasteiger partial charge is 0.391 e. The van der Waals surface area contributed by atoms with Crippen LogP contribution in [0, 0.1) is 0 Å². The first-order chi connectivity index (χ1) is 18.3. The lowest BCUT2D eigenvalue weighted by Gasteiger charge is -2.30. The highest BCUT2D eigenvalue weighted by Gasteiger charge is 2.33. The maximum absolute atomic E-state index is 13.8. The molecule has 10 heteroatoms.